The van der Waals surface area contributed by atoms with E-state index in [-0.39, 0.29) is 11.6 Å². The Kier molecular flexibility index (Phi) is 5.40. The molecule has 2 N–H and O–H groups in total. The molecule has 0 saturated carbocycles. The van der Waals surface area contributed by atoms with Gasteiger partial charge in [-0.1, -0.05) is 26.0 Å². The lowest BCUT2D eigenvalue weighted by atomic mass is 9.98. The number of hydrogen-bond acceptors (Lipinski definition) is 4. The number of carbonyl (C=O) groups excluding carboxylic acids is 1. The van der Waals surface area contributed by atoms with Gasteiger partial charge in [0.25, 0.3) is 5.69 Å². The summed E-state index contributed by atoms with van der Waals surface area (Å²) in [7, 11) is 0. The highest BCUT2D eigenvalue weighted by atomic mass is 16.6. The maximum Gasteiger partial charge on any atom is 0.326 e. The number of nitrogens with zero attached hydrogens (tertiary/aromatic N) is 1. The van der Waals surface area contributed by atoms with E-state index in [9.17, 15) is 19.7 Å². The highest BCUT2D eigenvalue weighted by Gasteiger charge is 2.26. The van der Waals surface area contributed by atoms with Gasteiger partial charge in [-0.25, -0.2) is 4.79 Å². The molecular formula is C14H18N2O5. The van der Waals surface area contributed by atoms with Crippen LogP contribution in [0.4, 0.5) is 5.69 Å². The Balaban J connectivity index is 2.90. The molecular weight excluding hydrogens is 276 g/mol. The summed E-state index contributed by atoms with van der Waals surface area (Å²) in [5, 5.41) is 22.2. The fourth-order valence-corrected chi connectivity index (χ4v) is 1.85. The fourth-order valence-electron chi connectivity index (χ4n) is 1.85. The summed E-state index contributed by atoms with van der Waals surface area (Å²) in [6.07, 6.45) is 0. The van der Waals surface area contributed by atoms with Crippen LogP contribution < -0.4 is 5.32 Å². The van der Waals surface area contributed by atoms with Crippen molar-refractivity contribution in [2.75, 3.05) is 0 Å². The number of rotatable bonds is 6. The first-order valence-electron chi connectivity index (χ1n) is 6.51. The summed E-state index contributed by atoms with van der Waals surface area (Å²) in [6, 6.07) is 4.76. The Labute approximate surface area is 122 Å². The number of carbonyl (C=O) groups is 2. The van der Waals surface area contributed by atoms with E-state index in [4.69, 9.17) is 5.11 Å². The van der Waals surface area contributed by atoms with E-state index in [1.807, 2.05) is 0 Å². The molecule has 0 aromatic heterocycles. The third-order valence-electron chi connectivity index (χ3n) is 3.20. The number of nitro benzene ring substituents is 1. The van der Waals surface area contributed by atoms with Gasteiger partial charge in [0.2, 0.25) is 5.91 Å². The van der Waals surface area contributed by atoms with Gasteiger partial charge in [-0.2, -0.15) is 0 Å². The summed E-state index contributed by atoms with van der Waals surface area (Å²) in [5.41, 5.74) is 0.361. The predicted octanol–water partition coefficient (Wildman–Crippen LogP) is 1.92. The lowest BCUT2D eigenvalue weighted by Gasteiger charge is -2.20. The van der Waals surface area contributed by atoms with E-state index in [1.165, 1.54) is 18.2 Å². The first kappa shape index (κ1) is 16.6. The van der Waals surface area contributed by atoms with Crippen LogP contribution in [0.2, 0.25) is 0 Å². The molecule has 1 aromatic rings. The number of non-ortho nitro benzene ring substituents is 1. The lowest BCUT2D eigenvalue weighted by Crippen LogP contribution is -2.45. The van der Waals surface area contributed by atoms with Crippen LogP contribution in [0.25, 0.3) is 0 Å². The molecule has 0 bridgehead atoms. The van der Waals surface area contributed by atoms with Gasteiger partial charge in [-0.15, -0.1) is 0 Å². The molecule has 1 amide bonds. The van der Waals surface area contributed by atoms with Crippen molar-refractivity contribution in [3.05, 3.63) is 39.9 Å². The molecule has 2 atom stereocenters. The van der Waals surface area contributed by atoms with Gasteiger partial charge in [0.1, 0.15) is 6.04 Å². The molecule has 7 heteroatoms. The van der Waals surface area contributed by atoms with Gasteiger partial charge in [0, 0.05) is 12.1 Å². The number of aliphatic carboxylic acids is 1. The average molecular weight is 294 g/mol. The highest BCUT2D eigenvalue weighted by Crippen LogP contribution is 2.21. The number of nitrogens with one attached hydrogen (secondary N) is 1. The molecule has 0 radical (unpaired) electrons. The summed E-state index contributed by atoms with van der Waals surface area (Å²) in [4.78, 5) is 33.4. The lowest BCUT2D eigenvalue weighted by molar-refractivity contribution is -0.384. The van der Waals surface area contributed by atoms with E-state index >= 15 is 0 Å². The van der Waals surface area contributed by atoms with Crippen molar-refractivity contribution in [2.45, 2.75) is 32.7 Å². The zero-order valence-electron chi connectivity index (χ0n) is 12.1. The number of carboxylic acid groups (broad SMARTS) is 1. The third-order valence-corrected chi connectivity index (χ3v) is 3.20. The Morgan fingerprint density at radius 1 is 1.29 bits per heavy atom. The first-order chi connectivity index (χ1) is 9.73. The van der Waals surface area contributed by atoms with Crippen molar-refractivity contribution >= 4 is 17.6 Å². The molecule has 0 spiro atoms. The van der Waals surface area contributed by atoms with Crippen LogP contribution in [0.1, 0.15) is 32.3 Å². The minimum Gasteiger partial charge on any atom is -0.480 e. The van der Waals surface area contributed by atoms with E-state index in [0.717, 1.165) is 0 Å². The van der Waals surface area contributed by atoms with E-state index in [2.05, 4.69) is 5.32 Å². The Hall–Kier alpha value is -2.44. The molecule has 1 aromatic carbocycles. The molecule has 1 rings (SSSR count). The fraction of sp³-hybridized carbons (Fsp3) is 0.429. The molecule has 114 valence electrons. The van der Waals surface area contributed by atoms with Gasteiger partial charge < -0.3 is 10.4 Å². The first-order valence-corrected chi connectivity index (χ1v) is 6.51. The van der Waals surface area contributed by atoms with E-state index in [1.54, 1.807) is 26.8 Å². The van der Waals surface area contributed by atoms with Crippen LogP contribution in [0.3, 0.4) is 0 Å². The van der Waals surface area contributed by atoms with E-state index < -0.39 is 28.8 Å². The summed E-state index contributed by atoms with van der Waals surface area (Å²) in [6.45, 7) is 4.96. The van der Waals surface area contributed by atoms with Crippen LogP contribution >= 0.6 is 0 Å². The van der Waals surface area contributed by atoms with Crippen molar-refractivity contribution in [1.82, 2.24) is 5.32 Å². The van der Waals surface area contributed by atoms with Crippen LogP contribution in [0, 0.1) is 16.0 Å². The van der Waals surface area contributed by atoms with Crippen molar-refractivity contribution in [3.63, 3.8) is 0 Å². The van der Waals surface area contributed by atoms with Crippen LogP contribution in [-0.4, -0.2) is 27.9 Å². The molecule has 0 aliphatic rings. The van der Waals surface area contributed by atoms with Gasteiger partial charge in [0.15, 0.2) is 0 Å². The monoisotopic (exact) mass is 294 g/mol. The second-order valence-corrected chi connectivity index (χ2v) is 5.14. The van der Waals surface area contributed by atoms with Crippen molar-refractivity contribution in [1.29, 1.82) is 0 Å². The second kappa shape index (κ2) is 6.83. The molecule has 0 heterocycles. The Morgan fingerprint density at radius 3 is 2.38 bits per heavy atom. The Bertz CT molecular complexity index is 556. The normalized spacial score (nSPS) is 13.5. The zero-order valence-corrected chi connectivity index (χ0v) is 12.1. The summed E-state index contributed by atoms with van der Waals surface area (Å²) < 4.78 is 0. The third kappa shape index (κ3) is 4.27. The maximum atomic E-state index is 12.1. The molecule has 0 aliphatic carbocycles. The maximum absolute atomic E-state index is 12.1. The number of carboxylic acids is 1. The number of hydrogen-bond donors (Lipinski definition) is 2. The molecule has 21 heavy (non-hydrogen) atoms. The van der Waals surface area contributed by atoms with Gasteiger partial charge >= 0.3 is 5.97 Å². The zero-order chi connectivity index (χ0) is 16.2. The smallest absolute Gasteiger partial charge is 0.326 e. The highest BCUT2D eigenvalue weighted by molar-refractivity contribution is 5.88. The van der Waals surface area contributed by atoms with E-state index in [0.29, 0.717) is 5.56 Å². The van der Waals surface area contributed by atoms with Gasteiger partial charge in [0.05, 0.1) is 10.8 Å². The van der Waals surface area contributed by atoms with Crippen LogP contribution in [0.5, 0.6) is 0 Å². The number of benzene rings is 1. The van der Waals surface area contributed by atoms with Gasteiger partial charge in [-0.05, 0) is 18.4 Å². The Morgan fingerprint density at radius 2 is 1.90 bits per heavy atom. The molecule has 7 nitrogen and oxygen atoms in total. The summed E-state index contributed by atoms with van der Waals surface area (Å²) in [5.74, 6) is -2.52. The largest absolute Gasteiger partial charge is 0.480 e. The topological polar surface area (TPSA) is 110 Å². The average Bonchev–Trinajstić information content (AvgIpc) is 2.42. The van der Waals surface area contributed by atoms with Crippen molar-refractivity contribution in [3.8, 4) is 0 Å². The quantitative estimate of drug-likeness (QED) is 0.615. The van der Waals surface area contributed by atoms with Crippen LogP contribution in [0.15, 0.2) is 24.3 Å². The molecule has 0 aliphatic heterocycles. The summed E-state index contributed by atoms with van der Waals surface area (Å²) >= 11 is 0. The predicted molar refractivity (Wildman–Crippen MR) is 75.9 cm³/mol. The molecule has 0 saturated heterocycles. The number of amides is 1. The standard InChI is InChI=1S/C14H18N2O5/c1-8(2)12(14(18)19)15-13(17)9(3)10-5-4-6-11(7-10)16(20)21/h4-9,12H,1-3H3,(H,15,17)(H,18,19). The van der Waals surface area contributed by atoms with Gasteiger partial charge in [-0.3, -0.25) is 14.9 Å². The van der Waals surface area contributed by atoms with Crippen molar-refractivity contribution in [2.24, 2.45) is 5.92 Å². The SMILES string of the molecule is CC(C(=O)NC(C(=O)O)C(C)C)c1cccc([N+](=O)[O-])c1. The van der Waals surface area contributed by atoms with Crippen LogP contribution in [-0.2, 0) is 9.59 Å². The van der Waals surface area contributed by atoms with Crippen molar-refractivity contribution < 1.29 is 19.6 Å². The second-order valence-electron chi connectivity index (χ2n) is 5.14. The number of nitro groups is 1. The molecule has 2 unspecified atom stereocenters. The minimum atomic E-state index is -1.11. The minimum absolute atomic E-state index is 0.106. The molecule has 0 fully saturated rings.